The molecule has 1 aromatic heterocycles. The fraction of sp³-hybridized carbons (Fsp3) is 0.211. The van der Waals surface area contributed by atoms with E-state index < -0.39 is 29.2 Å². The van der Waals surface area contributed by atoms with Gasteiger partial charge in [-0.1, -0.05) is 12.1 Å². The normalized spacial score (nSPS) is 10.7. The van der Waals surface area contributed by atoms with Crippen LogP contribution >= 0.6 is 11.3 Å². The van der Waals surface area contributed by atoms with Crippen molar-refractivity contribution in [3.05, 3.63) is 63.4 Å². The molecule has 10 heteroatoms. The highest BCUT2D eigenvalue weighted by molar-refractivity contribution is 7.18. The van der Waals surface area contributed by atoms with Crippen LogP contribution in [0.2, 0.25) is 0 Å². The maximum absolute atomic E-state index is 13.6. The van der Waals surface area contributed by atoms with Gasteiger partial charge in [-0.15, -0.1) is 11.3 Å². The maximum Gasteiger partial charge on any atom is 0.306 e. The Labute approximate surface area is 168 Å². The van der Waals surface area contributed by atoms with E-state index in [0.717, 1.165) is 33.4 Å². The van der Waals surface area contributed by atoms with Gasteiger partial charge in [-0.3, -0.25) is 19.7 Å². The van der Waals surface area contributed by atoms with Crippen LogP contribution in [0, 0.1) is 15.9 Å². The number of aromatic nitrogens is 1. The van der Waals surface area contributed by atoms with Crippen molar-refractivity contribution >= 4 is 44.8 Å². The first-order valence-electron chi connectivity index (χ1n) is 8.66. The van der Waals surface area contributed by atoms with Gasteiger partial charge in [0.25, 0.3) is 11.6 Å². The molecular weight excluding hydrogens is 401 g/mol. The highest BCUT2D eigenvalue weighted by Crippen LogP contribution is 2.23. The number of hydrogen-bond acceptors (Lipinski definition) is 7. The molecule has 0 aliphatic heterocycles. The van der Waals surface area contributed by atoms with Crippen molar-refractivity contribution in [2.24, 2.45) is 0 Å². The van der Waals surface area contributed by atoms with Crippen LogP contribution in [0.1, 0.15) is 17.8 Å². The minimum Gasteiger partial charge on any atom is -0.456 e. The Hall–Kier alpha value is -3.40. The molecule has 0 saturated heterocycles. The van der Waals surface area contributed by atoms with Crippen molar-refractivity contribution in [2.75, 3.05) is 11.9 Å². The fourth-order valence-electron chi connectivity index (χ4n) is 2.54. The first kappa shape index (κ1) is 20.3. The average molecular weight is 417 g/mol. The van der Waals surface area contributed by atoms with Gasteiger partial charge in [-0.25, -0.2) is 9.37 Å². The molecule has 3 rings (SSSR count). The molecule has 0 spiro atoms. The van der Waals surface area contributed by atoms with E-state index in [1.807, 2.05) is 24.3 Å². The van der Waals surface area contributed by atoms with Gasteiger partial charge < -0.3 is 10.1 Å². The SMILES string of the molecule is O=C(COC(=O)CCCc1nc2ccccc2s1)Nc1cc([N+](=O)[O-])ccc1F. The molecule has 2 aromatic carbocycles. The van der Waals surface area contributed by atoms with Gasteiger partial charge >= 0.3 is 5.97 Å². The third-order valence-electron chi connectivity index (χ3n) is 3.91. The minimum atomic E-state index is -0.828. The summed E-state index contributed by atoms with van der Waals surface area (Å²) in [6, 6.07) is 10.5. The van der Waals surface area contributed by atoms with Crippen LogP contribution in [0.25, 0.3) is 10.2 Å². The topological polar surface area (TPSA) is 111 Å². The molecule has 29 heavy (non-hydrogen) atoms. The summed E-state index contributed by atoms with van der Waals surface area (Å²) in [6.45, 7) is -0.609. The molecule has 0 unspecified atom stereocenters. The Morgan fingerprint density at radius 1 is 1.24 bits per heavy atom. The standard InChI is InChI=1S/C19H16FN3O5S/c20-13-9-8-12(23(26)27)10-15(13)21-17(24)11-28-19(25)7-3-6-18-22-14-4-1-2-5-16(14)29-18/h1-2,4-5,8-10H,3,6-7,11H2,(H,21,24). The van der Waals surface area contributed by atoms with Crippen molar-refractivity contribution in [3.8, 4) is 0 Å². The van der Waals surface area contributed by atoms with Gasteiger partial charge in [0.1, 0.15) is 5.82 Å². The van der Waals surface area contributed by atoms with Crippen LogP contribution in [0.15, 0.2) is 42.5 Å². The molecule has 0 saturated carbocycles. The van der Waals surface area contributed by atoms with Crippen molar-refractivity contribution in [3.63, 3.8) is 0 Å². The van der Waals surface area contributed by atoms with Crippen molar-refractivity contribution in [1.29, 1.82) is 0 Å². The second-order valence-corrected chi connectivity index (χ2v) is 7.17. The predicted molar refractivity (Wildman–Crippen MR) is 105 cm³/mol. The Morgan fingerprint density at radius 2 is 2.03 bits per heavy atom. The lowest BCUT2D eigenvalue weighted by atomic mass is 10.2. The van der Waals surface area contributed by atoms with Gasteiger partial charge in [0.15, 0.2) is 6.61 Å². The number of ether oxygens (including phenoxy) is 1. The fourth-order valence-corrected chi connectivity index (χ4v) is 3.55. The third-order valence-corrected chi connectivity index (χ3v) is 5.00. The van der Waals surface area contributed by atoms with E-state index in [4.69, 9.17) is 4.74 Å². The number of anilines is 1. The third kappa shape index (κ3) is 5.55. The van der Waals surface area contributed by atoms with Crippen molar-refractivity contribution in [2.45, 2.75) is 19.3 Å². The second-order valence-electron chi connectivity index (χ2n) is 6.06. The van der Waals surface area contributed by atoms with Gasteiger partial charge in [-0.05, 0) is 31.0 Å². The lowest BCUT2D eigenvalue weighted by Gasteiger charge is -2.07. The summed E-state index contributed by atoms with van der Waals surface area (Å²) in [7, 11) is 0. The molecule has 1 heterocycles. The molecule has 0 atom stereocenters. The largest absolute Gasteiger partial charge is 0.456 e. The number of aryl methyl sites for hydroxylation is 1. The molecular formula is C19H16FN3O5S. The average Bonchev–Trinajstić information content (AvgIpc) is 3.10. The smallest absolute Gasteiger partial charge is 0.306 e. The number of non-ortho nitro benzene ring substituents is 1. The molecule has 0 aliphatic rings. The van der Waals surface area contributed by atoms with E-state index in [2.05, 4.69) is 10.3 Å². The number of carbonyl (C=O) groups is 2. The van der Waals surface area contributed by atoms with E-state index in [9.17, 15) is 24.1 Å². The Bertz CT molecular complexity index is 1040. The maximum atomic E-state index is 13.6. The number of fused-ring (bicyclic) bond motifs is 1. The molecule has 1 amide bonds. The van der Waals surface area contributed by atoms with Gasteiger partial charge in [0.05, 0.1) is 25.8 Å². The van der Waals surface area contributed by atoms with Gasteiger partial charge in [0.2, 0.25) is 0 Å². The molecule has 0 radical (unpaired) electrons. The van der Waals surface area contributed by atoms with Crippen LogP contribution in [0.4, 0.5) is 15.8 Å². The van der Waals surface area contributed by atoms with E-state index in [1.54, 1.807) is 11.3 Å². The van der Waals surface area contributed by atoms with Crippen LogP contribution in [-0.2, 0) is 20.7 Å². The number of benzene rings is 2. The number of thiazole rings is 1. The number of rotatable bonds is 8. The number of nitro benzene ring substituents is 1. The Kier molecular flexibility index (Phi) is 6.45. The van der Waals surface area contributed by atoms with Crippen LogP contribution in [0.3, 0.4) is 0 Å². The summed E-state index contributed by atoms with van der Waals surface area (Å²) in [6.07, 6.45) is 1.23. The first-order valence-corrected chi connectivity index (χ1v) is 9.48. The molecule has 150 valence electrons. The van der Waals surface area contributed by atoms with Crippen molar-refractivity contribution < 1.29 is 23.6 Å². The zero-order valence-electron chi connectivity index (χ0n) is 15.1. The number of carbonyl (C=O) groups excluding carboxylic acids is 2. The highest BCUT2D eigenvalue weighted by atomic mass is 32.1. The minimum absolute atomic E-state index is 0.106. The lowest BCUT2D eigenvalue weighted by Crippen LogP contribution is -2.21. The van der Waals surface area contributed by atoms with Gasteiger partial charge in [0, 0.05) is 18.6 Å². The molecule has 0 bridgehead atoms. The number of amides is 1. The summed E-state index contributed by atoms with van der Waals surface area (Å²) >= 11 is 1.56. The van der Waals surface area contributed by atoms with Crippen molar-refractivity contribution in [1.82, 2.24) is 4.98 Å². The van der Waals surface area contributed by atoms with Crippen LogP contribution < -0.4 is 5.32 Å². The first-order chi connectivity index (χ1) is 13.9. The van der Waals surface area contributed by atoms with E-state index in [-0.39, 0.29) is 17.8 Å². The Balaban J connectivity index is 1.42. The predicted octanol–water partition coefficient (Wildman–Crippen LogP) is 3.85. The number of nitro groups is 1. The van der Waals surface area contributed by atoms with E-state index in [1.165, 1.54) is 0 Å². The van der Waals surface area contributed by atoms with E-state index in [0.29, 0.717) is 12.8 Å². The van der Waals surface area contributed by atoms with Gasteiger partial charge in [-0.2, -0.15) is 0 Å². The summed E-state index contributed by atoms with van der Waals surface area (Å²) in [4.78, 5) is 38.1. The molecule has 1 N–H and O–H groups in total. The second kappa shape index (κ2) is 9.20. The summed E-state index contributed by atoms with van der Waals surface area (Å²) in [5.74, 6) is -2.18. The number of esters is 1. The number of nitrogens with zero attached hydrogens (tertiary/aromatic N) is 2. The zero-order chi connectivity index (χ0) is 20.8. The number of hydrogen-bond donors (Lipinski definition) is 1. The molecule has 0 aliphatic carbocycles. The van der Waals surface area contributed by atoms with Crippen LogP contribution in [0.5, 0.6) is 0 Å². The summed E-state index contributed by atoms with van der Waals surface area (Å²) < 4.78 is 19.6. The molecule has 0 fully saturated rings. The summed E-state index contributed by atoms with van der Waals surface area (Å²) in [5, 5.41) is 13.8. The number of nitrogens with one attached hydrogen (secondary N) is 1. The quantitative estimate of drug-likeness (QED) is 0.339. The monoisotopic (exact) mass is 417 g/mol. The van der Waals surface area contributed by atoms with Crippen LogP contribution in [-0.4, -0.2) is 28.4 Å². The Morgan fingerprint density at radius 3 is 2.79 bits per heavy atom. The zero-order valence-corrected chi connectivity index (χ0v) is 15.9. The molecule has 3 aromatic rings. The highest BCUT2D eigenvalue weighted by Gasteiger charge is 2.14. The summed E-state index contributed by atoms with van der Waals surface area (Å²) in [5.41, 5.74) is 0.199. The number of halogens is 1. The number of para-hydroxylation sites is 1. The lowest BCUT2D eigenvalue weighted by molar-refractivity contribution is -0.384. The molecule has 8 nitrogen and oxygen atoms in total. The van der Waals surface area contributed by atoms with E-state index >= 15 is 0 Å².